The fourth-order valence-corrected chi connectivity index (χ4v) is 2.90. The maximum Gasteiger partial charge on any atom is 0.0239 e. The Bertz CT molecular complexity index is 349. The van der Waals surface area contributed by atoms with Crippen LogP contribution < -0.4 is 5.73 Å². The largest absolute Gasteiger partial charge is 0.327 e. The summed E-state index contributed by atoms with van der Waals surface area (Å²) in [5.74, 6) is 0.579. The molecule has 1 saturated heterocycles. The molecular weight excluding hydrogens is 208 g/mol. The van der Waals surface area contributed by atoms with Crippen LogP contribution in [0.4, 0.5) is 0 Å². The molecule has 0 spiro atoms. The molecule has 1 aliphatic heterocycles. The fraction of sp³-hybridized carbons (Fsp3) is 0.600. The predicted octanol–water partition coefficient (Wildman–Crippen LogP) is 2.63. The molecule has 2 heteroatoms. The number of benzene rings is 1. The van der Waals surface area contributed by atoms with E-state index in [1.54, 1.807) is 0 Å². The van der Waals surface area contributed by atoms with Crippen molar-refractivity contribution in [1.29, 1.82) is 0 Å². The minimum atomic E-state index is 0.354. The summed E-state index contributed by atoms with van der Waals surface area (Å²) < 4.78 is 0. The lowest BCUT2D eigenvalue weighted by Crippen LogP contribution is -2.55. The average molecular weight is 232 g/mol. The Morgan fingerprint density at radius 3 is 2.47 bits per heavy atom. The van der Waals surface area contributed by atoms with E-state index in [9.17, 15) is 0 Å². The third-order valence-corrected chi connectivity index (χ3v) is 4.35. The number of likely N-dealkylation sites (tertiary alicyclic amines) is 1. The van der Waals surface area contributed by atoms with Gasteiger partial charge in [0.05, 0.1) is 0 Å². The van der Waals surface area contributed by atoms with Crippen LogP contribution in [0, 0.1) is 5.92 Å². The van der Waals surface area contributed by atoms with Crippen molar-refractivity contribution in [1.82, 2.24) is 4.90 Å². The van der Waals surface area contributed by atoms with Gasteiger partial charge >= 0.3 is 0 Å². The van der Waals surface area contributed by atoms with Crippen molar-refractivity contribution in [3.05, 3.63) is 35.9 Å². The Morgan fingerprint density at radius 2 is 1.82 bits per heavy atom. The number of rotatable bonds is 2. The monoisotopic (exact) mass is 232 g/mol. The van der Waals surface area contributed by atoms with E-state index in [0.29, 0.717) is 24.0 Å². The Kier molecular flexibility index (Phi) is 3.85. The minimum absolute atomic E-state index is 0.354. The van der Waals surface area contributed by atoms with Gasteiger partial charge in [0.25, 0.3) is 0 Å². The Hall–Kier alpha value is -0.860. The van der Waals surface area contributed by atoms with E-state index in [2.05, 4.69) is 56.0 Å². The van der Waals surface area contributed by atoms with Gasteiger partial charge < -0.3 is 5.73 Å². The van der Waals surface area contributed by atoms with Gasteiger partial charge in [0, 0.05) is 24.7 Å². The second kappa shape index (κ2) is 5.19. The van der Waals surface area contributed by atoms with Gasteiger partial charge in [-0.25, -0.2) is 0 Å². The van der Waals surface area contributed by atoms with E-state index < -0.39 is 0 Å². The molecule has 1 heterocycles. The third kappa shape index (κ3) is 2.70. The fourth-order valence-electron chi connectivity index (χ4n) is 2.90. The molecule has 17 heavy (non-hydrogen) atoms. The summed E-state index contributed by atoms with van der Waals surface area (Å²) >= 11 is 0. The van der Waals surface area contributed by atoms with Crippen LogP contribution in [-0.4, -0.2) is 23.0 Å². The Morgan fingerprint density at radius 1 is 1.18 bits per heavy atom. The highest BCUT2D eigenvalue weighted by Gasteiger charge is 2.34. The second-order valence-corrected chi connectivity index (χ2v) is 5.51. The standard InChI is InChI=1S/C15H24N2/c1-11-9-15(16)12(2)13(3)17(11)10-14-7-5-4-6-8-14/h4-8,11-13,15H,9-10,16H2,1-3H3/t11-,12+,13-,15-/m1/s1. The number of piperidine rings is 1. The summed E-state index contributed by atoms with van der Waals surface area (Å²) in [6, 6.07) is 12.2. The van der Waals surface area contributed by atoms with Crippen molar-refractivity contribution in [3.8, 4) is 0 Å². The van der Waals surface area contributed by atoms with E-state index in [0.717, 1.165) is 13.0 Å². The third-order valence-electron chi connectivity index (χ3n) is 4.35. The first-order valence-electron chi connectivity index (χ1n) is 6.65. The number of hydrogen-bond acceptors (Lipinski definition) is 2. The molecule has 4 atom stereocenters. The maximum absolute atomic E-state index is 6.19. The van der Waals surface area contributed by atoms with Gasteiger partial charge in [0.15, 0.2) is 0 Å². The van der Waals surface area contributed by atoms with Crippen LogP contribution in [0.3, 0.4) is 0 Å². The number of hydrogen-bond donors (Lipinski definition) is 1. The van der Waals surface area contributed by atoms with E-state index in [-0.39, 0.29) is 0 Å². The molecule has 0 aliphatic carbocycles. The molecule has 2 nitrogen and oxygen atoms in total. The van der Waals surface area contributed by atoms with Gasteiger partial charge in [-0.3, -0.25) is 4.90 Å². The quantitative estimate of drug-likeness (QED) is 0.849. The van der Waals surface area contributed by atoms with Gasteiger partial charge in [-0.15, -0.1) is 0 Å². The second-order valence-electron chi connectivity index (χ2n) is 5.51. The van der Waals surface area contributed by atoms with Crippen LogP contribution in [0.2, 0.25) is 0 Å². The lowest BCUT2D eigenvalue weighted by molar-refractivity contribution is 0.0439. The summed E-state index contributed by atoms with van der Waals surface area (Å²) in [6.07, 6.45) is 1.11. The predicted molar refractivity (Wildman–Crippen MR) is 72.7 cm³/mol. The summed E-state index contributed by atoms with van der Waals surface area (Å²) in [7, 11) is 0. The van der Waals surface area contributed by atoms with E-state index >= 15 is 0 Å². The minimum Gasteiger partial charge on any atom is -0.327 e. The molecule has 0 amide bonds. The van der Waals surface area contributed by atoms with Crippen LogP contribution in [0.25, 0.3) is 0 Å². The lowest BCUT2D eigenvalue weighted by Gasteiger charge is -2.45. The van der Waals surface area contributed by atoms with Crippen molar-refractivity contribution in [3.63, 3.8) is 0 Å². The summed E-state index contributed by atoms with van der Waals surface area (Å²) in [4.78, 5) is 2.59. The van der Waals surface area contributed by atoms with E-state index in [1.807, 2.05) is 0 Å². The molecule has 1 aliphatic rings. The average Bonchev–Trinajstić information content (AvgIpc) is 2.33. The first-order valence-corrected chi connectivity index (χ1v) is 6.65. The van der Waals surface area contributed by atoms with Crippen LogP contribution >= 0.6 is 0 Å². The molecule has 0 bridgehead atoms. The highest BCUT2D eigenvalue weighted by atomic mass is 15.2. The van der Waals surface area contributed by atoms with Crippen molar-refractivity contribution in [2.45, 2.75) is 51.9 Å². The molecule has 1 aromatic carbocycles. The zero-order chi connectivity index (χ0) is 12.4. The normalized spacial score (nSPS) is 34.8. The molecule has 94 valence electrons. The van der Waals surface area contributed by atoms with E-state index in [1.165, 1.54) is 5.56 Å². The van der Waals surface area contributed by atoms with Gasteiger partial charge in [0.2, 0.25) is 0 Å². The number of nitrogens with two attached hydrogens (primary N) is 1. The smallest absolute Gasteiger partial charge is 0.0239 e. The molecule has 2 rings (SSSR count). The van der Waals surface area contributed by atoms with Gasteiger partial charge in [-0.1, -0.05) is 37.3 Å². The first kappa shape index (κ1) is 12.6. The molecule has 0 saturated carbocycles. The van der Waals surface area contributed by atoms with Gasteiger partial charge in [-0.2, -0.15) is 0 Å². The van der Waals surface area contributed by atoms with Gasteiger partial charge in [0.1, 0.15) is 0 Å². The summed E-state index contributed by atoms with van der Waals surface area (Å²) in [5, 5.41) is 0. The molecule has 1 aromatic rings. The molecule has 1 fully saturated rings. The van der Waals surface area contributed by atoms with E-state index in [4.69, 9.17) is 5.73 Å². The highest BCUT2D eigenvalue weighted by Crippen LogP contribution is 2.28. The summed E-state index contributed by atoms with van der Waals surface area (Å²) in [6.45, 7) is 7.92. The summed E-state index contributed by atoms with van der Waals surface area (Å²) in [5.41, 5.74) is 7.59. The first-order chi connectivity index (χ1) is 8.09. The SMILES string of the molecule is C[C@@H]1[C@H](N)C[C@@H](C)N(Cc2ccccc2)[C@@H]1C. The van der Waals surface area contributed by atoms with Crippen LogP contribution in [-0.2, 0) is 6.54 Å². The molecular formula is C15H24N2. The zero-order valence-electron chi connectivity index (χ0n) is 11.1. The molecule has 0 radical (unpaired) electrons. The van der Waals surface area contributed by atoms with Crippen LogP contribution in [0.5, 0.6) is 0 Å². The highest BCUT2D eigenvalue weighted by molar-refractivity contribution is 5.15. The van der Waals surface area contributed by atoms with Crippen molar-refractivity contribution in [2.75, 3.05) is 0 Å². The van der Waals surface area contributed by atoms with Crippen molar-refractivity contribution >= 4 is 0 Å². The Balaban J connectivity index is 2.09. The Labute approximate surface area is 105 Å². The van der Waals surface area contributed by atoms with Crippen molar-refractivity contribution in [2.24, 2.45) is 11.7 Å². The zero-order valence-corrected chi connectivity index (χ0v) is 11.1. The maximum atomic E-state index is 6.19. The van der Waals surface area contributed by atoms with Crippen LogP contribution in [0.1, 0.15) is 32.8 Å². The van der Waals surface area contributed by atoms with Crippen LogP contribution in [0.15, 0.2) is 30.3 Å². The van der Waals surface area contributed by atoms with Crippen molar-refractivity contribution < 1.29 is 0 Å². The lowest BCUT2D eigenvalue weighted by atomic mass is 9.84. The molecule has 2 N–H and O–H groups in total. The molecule has 0 unspecified atom stereocenters. The topological polar surface area (TPSA) is 29.3 Å². The molecule has 0 aromatic heterocycles. The van der Waals surface area contributed by atoms with Gasteiger partial charge in [-0.05, 0) is 31.7 Å². The number of nitrogens with zero attached hydrogens (tertiary/aromatic N) is 1.